The van der Waals surface area contributed by atoms with Gasteiger partial charge in [0.2, 0.25) is 0 Å². The molecule has 1 heterocycles. The highest BCUT2D eigenvalue weighted by molar-refractivity contribution is 5.99. The lowest BCUT2D eigenvalue weighted by Gasteiger charge is -2.21. The van der Waals surface area contributed by atoms with E-state index in [1.165, 1.54) is 0 Å². The Balaban J connectivity index is 2.78. The van der Waals surface area contributed by atoms with Crippen LogP contribution in [0.3, 0.4) is 0 Å². The van der Waals surface area contributed by atoms with Crippen LogP contribution in [0.15, 0.2) is 18.5 Å². The van der Waals surface area contributed by atoms with Crippen LogP contribution in [0.25, 0.3) is 0 Å². The van der Waals surface area contributed by atoms with Gasteiger partial charge in [-0.25, -0.2) is 0 Å². The lowest BCUT2D eigenvalue weighted by Crippen LogP contribution is -2.27. The molecule has 0 radical (unpaired) electrons. The molecule has 72 valence electrons. The molecule has 1 aromatic rings. The number of aromatic amines is 1. The normalized spacial score (nSPS) is 11.6. The lowest BCUT2D eigenvalue weighted by molar-refractivity contribution is 0.0829. The van der Waals surface area contributed by atoms with Crippen molar-refractivity contribution in [3.05, 3.63) is 24.0 Å². The van der Waals surface area contributed by atoms with Crippen LogP contribution in [0.2, 0.25) is 0 Å². The summed E-state index contributed by atoms with van der Waals surface area (Å²) in [5.74, 6) is 0.152. The Morgan fingerprint density at radius 2 is 2.31 bits per heavy atom. The highest BCUT2D eigenvalue weighted by Gasteiger charge is 2.27. The second kappa shape index (κ2) is 3.75. The first-order valence-corrected chi connectivity index (χ1v) is 4.45. The number of Topliss-reactive ketones (excluding diaryl/α,β-unsaturated/α-hetero) is 1. The molecule has 3 N–H and O–H groups in total. The van der Waals surface area contributed by atoms with Crippen molar-refractivity contribution in [1.29, 1.82) is 0 Å². The number of nitrogens with one attached hydrogen (secondary N) is 1. The maximum absolute atomic E-state index is 11.8. The molecule has 0 aliphatic carbocycles. The fraction of sp³-hybridized carbons (Fsp3) is 0.500. The molecule has 3 heteroatoms. The number of ketones is 1. The standard InChI is InChI=1S/C10H16N2O/c1-10(2,4-5-11)9(13)8-3-6-12-7-8/h3,6-7,12H,4-5,11H2,1-2H3. The smallest absolute Gasteiger partial charge is 0.170 e. The Morgan fingerprint density at radius 3 is 2.77 bits per heavy atom. The number of nitrogens with two attached hydrogens (primary N) is 1. The third-order valence-electron chi connectivity index (χ3n) is 2.24. The largest absolute Gasteiger partial charge is 0.367 e. The van der Waals surface area contributed by atoms with Gasteiger partial charge in [-0.1, -0.05) is 13.8 Å². The van der Waals surface area contributed by atoms with Gasteiger partial charge < -0.3 is 10.7 Å². The molecule has 0 spiro atoms. The van der Waals surface area contributed by atoms with E-state index in [9.17, 15) is 4.79 Å². The molecule has 0 aliphatic rings. The minimum absolute atomic E-state index is 0.152. The molecule has 0 saturated heterocycles. The summed E-state index contributed by atoms with van der Waals surface area (Å²) in [4.78, 5) is 14.7. The summed E-state index contributed by atoms with van der Waals surface area (Å²) >= 11 is 0. The van der Waals surface area contributed by atoms with Crippen molar-refractivity contribution >= 4 is 5.78 Å². The molecular weight excluding hydrogens is 164 g/mol. The third-order valence-corrected chi connectivity index (χ3v) is 2.24. The van der Waals surface area contributed by atoms with Gasteiger partial charge in [0.05, 0.1) is 0 Å². The van der Waals surface area contributed by atoms with E-state index in [4.69, 9.17) is 5.73 Å². The van der Waals surface area contributed by atoms with Crippen LogP contribution in [0.1, 0.15) is 30.6 Å². The summed E-state index contributed by atoms with van der Waals surface area (Å²) in [6.07, 6.45) is 4.20. The van der Waals surface area contributed by atoms with Crippen LogP contribution in [-0.4, -0.2) is 17.3 Å². The van der Waals surface area contributed by atoms with Gasteiger partial charge >= 0.3 is 0 Å². The van der Waals surface area contributed by atoms with Gasteiger partial charge in [-0.15, -0.1) is 0 Å². The highest BCUT2D eigenvalue weighted by atomic mass is 16.1. The zero-order chi connectivity index (χ0) is 9.90. The molecule has 0 aromatic carbocycles. The van der Waals surface area contributed by atoms with Crippen molar-refractivity contribution < 1.29 is 4.79 Å². The average Bonchev–Trinajstić information content (AvgIpc) is 2.54. The summed E-state index contributed by atoms with van der Waals surface area (Å²) in [7, 11) is 0. The molecule has 0 atom stereocenters. The number of carbonyl (C=O) groups is 1. The van der Waals surface area contributed by atoms with Crippen LogP contribution < -0.4 is 5.73 Å². The van der Waals surface area contributed by atoms with Crippen LogP contribution in [-0.2, 0) is 0 Å². The van der Waals surface area contributed by atoms with Gasteiger partial charge in [0, 0.05) is 23.4 Å². The van der Waals surface area contributed by atoms with Crippen molar-refractivity contribution in [1.82, 2.24) is 4.98 Å². The number of H-pyrrole nitrogens is 1. The van der Waals surface area contributed by atoms with E-state index in [0.717, 1.165) is 12.0 Å². The van der Waals surface area contributed by atoms with Gasteiger partial charge in [0.25, 0.3) is 0 Å². The van der Waals surface area contributed by atoms with E-state index in [2.05, 4.69) is 4.98 Å². The first-order chi connectivity index (χ1) is 6.08. The first-order valence-electron chi connectivity index (χ1n) is 4.45. The number of rotatable bonds is 4. The van der Waals surface area contributed by atoms with Crippen LogP contribution in [0.5, 0.6) is 0 Å². The topological polar surface area (TPSA) is 58.9 Å². The summed E-state index contributed by atoms with van der Waals surface area (Å²) in [6, 6.07) is 1.79. The Hall–Kier alpha value is -1.09. The molecular formula is C10H16N2O. The highest BCUT2D eigenvalue weighted by Crippen LogP contribution is 2.24. The van der Waals surface area contributed by atoms with Crippen LogP contribution in [0.4, 0.5) is 0 Å². The van der Waals surface area contributed by atoms with Gasteiger partial charge in [0.1, 0.15) is 0 Å². The fourth-order valence-electron chi connectivity index (χ4n) is 1.33. The second-order valence-corrected chi connectivity index (χ2v) is 3.85. The molecule has 1 aromatic heterocycles. The van der Waals surface area contributed by atoms with E-state index in [-0.39, 0.29) is 11.2 Å². The molecule has 0 fully saturated rings. The van der Waals surface area contributed by atoms with Crippen molar-refractivity contribution in [3.63, 3.8) is 0 Å². The maximum atomic E-state index is 11.8. The summed E-state index contributed by atoms with van der Waals surface area (Å²) in [5, 5.41) is 0. The van der Waals surface area contributed by atoms with Crippen LogP contribution in [0, 0.1) is 5.41 Å². The van der Waals surface area contributed by atoms with Crippen molar-refractivity contribution in [2.24, 2.45) is 11.1 Å². The molecule has 13 heavy (non-hydrogen) atoms. The predicted octanol–water partition coefficient (Wildman–Crippen LogP) is 1.57. The molecule has 3 nitrogen and oxygen atoms in total. The number of aromatic nitrogens is 1. The minimum Gasteiger partial charge on any atom is -0.367 e. The zero-order valence-electron chi connectivity index (χ0n) is 8.13. The van der Waals surface area contributed by atoms with E-state index in [0.29, 0.717) is 6.54 Å². The van der Waals surface area contributed by atoms with Crippen molar-refractivity contribution in [2.45, 2.75) is 20.3 Å². The predicted molar refractivity (Wildman–Crippen MR) is 52.6 cm³/mol. The van der Waals surface area contributed by atoms with Gasteiger partial charge in [0.15, 0.2) is 5.78 Å². The summed E-state index contributed by atoms with van der Waals surface area (Å²) in [5.41, 5.74) is 5.83. The third kappa shape index (κ3) is 2.18. The van der Waals surface area contributed by atoms with Crippen LogP contribution >= 0.6 is 0 Å². The molecule has 0 bridgehead atoms. The van der Waals surface area contributed by atoms with Crippen molar-refractivity contribution in [3.8, 4) is 0 Å². The molecule has 1 rings (SSSR count). The molecule has 0 saturated carbocycles. The van der Waals surface area contributed by atoms with E-state index >= 15 is 0 Å². The van der Waals surface area contributed by atoms with Gasteiger partial charge in [-0.3, -0.25) is 4.79 Å². The van der Waals surface area contributed by atoms with Gasteiger partial charge in [-0.05, 0) is 19.0 Å². The zero-order valence-corrected chi connectivity index (χ0v) is 8.13. The van der Waals surface area contributed by atoms with E-state index < -0.39 is 0 Å². The molecule has 0 aliphatic heterocycles. The average molecular weight is 180 g/mol. The second-order valence-electron chi connectivity index (χ2n) is 3.85. The Kier molecular flexibility index (Phi) is 2.88. The Bertz CT molecular complexity index is 275. The van der Waals surface area contributed by atoms with E-state index in [1.54, 1.807) is 18.5 Å². The quantitative estimate of drug-likeness (QED) is 0.691. The minimum atomic E-state index is -0.350. The van der Waals surface area contributed by atoms with E-state index in [1.807, 2.05) is 13.8 Å². The fourth-order valence-corrected chi connectivity index (χ4v) is 1.33. The number of carbonyl (C=O) groups excluding carboxylic acids is 1. The summed E-state index contributed by atoms with van der Waals surface area (Å²) in [6.45, 7) is 4.40. The first kappa shape index (κ1) is 9.99. The molecule has 0 amide bonds. The SMILES string of the molecule is CC(C)(CCN)C(=O)c1cc[nH]c1. The van der Waals surface area contributed by atoms with Crippen molar-refractivity contribution in [2.75, 3.05) is 6.54 Å². The maximum Gasteiger partial charge on any atom is 0.170 e. The number of hydrogen-bond acceptors (Lipinski definition) is 2. The Morgan fingerprint density at radius 1 is 1.62 bits per heavy atom. The lowest BCUT2D eigenvalue weighted by atomic mass is 9.82. The summed E-state index contributed by atoms with van der Waals surface area (Å²) < 4.78 is 0. The molecule has 0 unspecified atom stereocenters. The monoisotopic (exact) mass is 180 g/mol. The Labute approximate surface area is 78.3 Å². The number of hydrogen-bond donors (Lipinski definition) is 2. The van der Waals surface area contributed by atoms with Gasteiger partial charge in [-0.2, -0.15) is 0 Å².